The van der Waals surface area contributed by atoms with Gasteiger partial charge in [-0.05, 0) is 24.1 Å². The molecule has 0 fully saturated rings. The van der Waals surface area contributed by atoms with Gasteiger partial charge in [0, 0.05) is 33.3 Å². The van der Waals surface area contributed by atoms with E-state index in [0.717, 1.165) is 42.8 Å². The summed E-state index contributed by atoms with van der Waals surface area (Å²) >= 11 is 12.1. The SMILES string of the molecule is Cn1c(NCCCO)nc2c1CN(Cc1ccc(Cl)c(Cl)c1)CN2. The fourth-order valence-electron chi connectivity index (χ4n) is 2.75. The molecule has 1 aliphatic heterocycles. The van der Waals surface area contributed by atoms with E-state index in [9.17, 15) is 0 Å². The minimum Gasteiger partial charge on any atom is -0.396 e. The van der Waals surface area contributed by atoms with E-state index >= 15 is 0 Å². The lowest BCUT2D eigenvalue weighted by Crippen LogP contribution is -2.33. The van der Waals surface area contributed by atoms with Crippen molar-refractivity contribution >= 4 is 35.0 Å². The van der Waals surface area contributed by atoms with Crippen LogP contribution in [0.4, 0.5) is 11.8 Å². The number of hydrogen-bond donors (Lipinski definition) is 3. The Balaban J connectivity index is 1.68. The Bertz CT molecular complexity index is 719. The minimum absolute atomic E-state index is 0.173. The van der Waals surface area contributed by atoms with Gasteiger partial charge >= 0.3 is 0 Å². The standard InChI is InChI=1S/C16H21Cl2N5O/c1-22-14-9-23(8-11-3-4-12(17)13(18)7-11)10-20-15(14)21-16(22)19-5-2-6-24/h3-4,7,20,24H,2,5-6,8-10H2,1H3,(H,19,21). The molecule has 0 amide bonds. The highest BCUT2D eigenvalue weighted by atomic mass is 35.5. The molecule has 1 aromatic heterocycles. The summed E-state index contributed by atoms with van der Waals surface area (Å²) < 4.78 is 2.06. The van der Waals surface area contributed by atoms with E-state index in [0.29, 0.717) is 23.0 Å². The average molecular weight is 370 g/mol. The monoisotopic (exact) mass is 369 g/mol. The fourth-order valence-corrected chi connectivity index (χ4v) is 3.08. The molecule has 130 valence electrons. The van der Waals surface area contributed by atoms with Crippen molar-refractivity contribution in [3.8, 4) is 0 Å². The highest BCUT2D eigenvalue weighted by Crippen LogP contribution is 2.27. The van der Waals surface area contributed by atoms with Gasteiger partial charge in [0.1, 0.15) is 0 Å². The Kier molecular flexibility index (Phi) is 5.50. The molecule has 0 atom stereocenters. The van der Waals surface area contributed by atoms with E-state index in [1.807, 2.05) is 25.2 Å². The topological polar surface area (TPSA) is 65.3 Å². The van der Waals surface area contributed by atoms with Crippen molar-refractivity contribution in [1.29, 1.82) is 0 Å². The quantitative estimate of drug-likeness (QED) is 0.683. The van der Waals surface area contributed by atoms with Crippen molar-refractivity contribution in [3.63, 3.8) is 0 Å². The Morgan fingerprint density at radius 2 is 2.17 bits per heavy atom. The van der Waals surface area contributed by atoms with Crippen LogP contribution in [0.2, 0.25) is 10.0 Å². The highest BCUT2D eigenvalue weighted by Gasteiger charge is 2.22. The van der Waals surface area contributed by atoms with E-state index < -0.39 is 0 Å². The van der Waals surface area contributed by atoms with Gasteiger partial charge < -0.3 is 20.3 Å². The van der Waals surface area contributed by atoms with Crippen LogP contribution < -0.4 is 10.6 Å². The molecule has 1 aliphatic rings. The van der Waals surface area contributed by atoms with Crippen molar-refractivity contribution in [2.75, 3.05) is 30.5 Å². The highest BCUT2D eigenvalue weighted by molar-refractivity contribution is 6.42. The predicted octanol–water partition coefficient (Wildman–Crippen LogP) is 2.91. The van der Waals surface area contributed by atoms with Gasteiger partial charge in [0.2, 0.25) is 5.95 Å². The zero-order valence-corrected chi connectivity index (χ0v) is 15.0. The molecule has 8 heteroatoms. The van der Waals surface area contributed by atoms with Gasteiger partial charge in [-0.2, -0.15) is 4.98 Å². The number of aliphatic hydroxyl groups excluding tert-OH is 1. The van der Waals surface area contributed by atoms with Crippen molar-refractivity contribution in [1.82, 2.24) is 14.5 Å². The lowest BCUT2D eigenvalue weighted by molar-refractivity contribution is 0.260. The third-order valence-corrected chi connectivity index (χ3v) is 4.80. The van der Waals surface area contributed by atoms with Crippen LogP contribution in [0.25, 0.3) is 0 Å². The Morgan fingerprint density at radius 1 is 1.33 bits per heavy atom. The van der Waals surface area contributed by atoms with Gasteiger partial charge in [-0.25, -0.2) is 0 Å². The van der Waals surface area contributed by atoms with Gasteiger partial charge in [-0.15, -0.1) is 0 Å². The first-order valence-electron chi connectivity index (χ1n) is 7.89. The van der Waals surface area contributed by atoms with Crippen LogP contribution in [-0.4, -0.2) is 39.4 Å². The number of nitrogens with one attached hydrogen (secondary N) is 2. The summed E-state index contributed by atoms with van der Waals surface area (Å²) in [6.07, 6.45) is 0.703. The summed E-state index contributed by atoms with van der Waals surface area (Å²) in [5.41, 5.74) is 2.26. The van der Waals surface area contributed by atoms with Crippen molar-refractivity contribution in [2.45, 2.75) is 19.5 Å². The van der Waals surface area contributed by atoms with Crippen LogP contribution in [0.15, 0.2) is 18.2 Å². The lowest BCUT2D eigenvalue weighted by atomic mass is 10.2. The van der Waals surface area contributed by atoms with Gasteiger partial charge in [0.15, 0.2) is 5.82 Å². The maximum atomic E-state index is 8.88. The number of fused-ring (bicyclic) bond motifs is 1. The maximum Gasteiger partial charge on any atom is 0.204 e. The second-order valence-electron chi connectivity index (χ2n) is 5.86. The number of anilines is 2. The molecular weight excluding hydrogens is 349 g/mol. The molecule has 0 aliphatic carbocycles. The van der Waals surface area contributed by atoms with Crippen molar-refractivity contribution in [2.24, 2.45) is 7.05 Å². The second-order valence-corrected chi connectivity index (χ2v) is 6.68. The summed E-state index contributed by atoms with van der Waals surface area (Å²) in [6.45, 7) is 3.18. The molecule has 2 aromatic rings. The van der Waals surface area contributed by atoms with Crippen LogP contribution in [0.5, 0.6) is 0 Å². The first kappa shape index (κ1) is 17.4. The number of halogens is 2. The van der Waals surface area contributed by atoms with Gasteiger partial charge in [0.25, 0.3) is 0 Å². The van der Waals surface area contributed by atoms with Crippen LogP contribution in [-0.2, 0) is 20.1 Å². The molecule has 0 saturated heterocycles. The Labute approximate surface area is 151 Å². The molecular formula is C16H21Cl2N5O. The first-order valence-corrected chi connectivity index (χ1v) is 8.64. The molecule has 0 bridgehead atoms. The second kappa shape index (κ2) is 7.61. The number of imidazole rings is 1. The number of benzene rings is 1. The van der Waals surface area contributed by atoms with Gasteiger partial charge in [-0.1, -0.05) is 29.3 Å². The molecule has 0 saturated carbocycles. The molecule has 1 aromatic carbocycles. The smallest absolute Gasteiger partial charge is 0.204 e. The number of hydrogen-bond acceptors (Lipinski definition) is 5. The average Bonchev–Trinajstić information content (AvgIpc) is 2.88. The van der Waals surface area contributed by atoms with Gasteiger partial charge in [-0.3, -0.25) is 4.90 Å². The summed E-state index contributed by atoms with van der Waals surface area (Å²) in [7, 11) is 2.00. The zero-order chi connectivity index (χ0) is 17.1. The number of nitrogens with zero attached hydrogens (tertiary/aromatic N) is 3. The zero-order valence-electron chi connectivity index (χ0n) is 13.5. The van der Waals surface area contributed by atoms with E-state index in [4.69, 9.17) is 28.3 Å². The summed E-state index contributed by atoms with van der Waals surface area (Å²) in [5, 5.41) is 16.6. The van der Waals surface area contributed by atoms with E-state index in [-0.39, 0.29) is 6.61 Å². The Hall–Kier alpha value is -1.47. The van der Waals surface area contributed by atoms with E-state index in [1.165, 1.54) is 0 Å². The fraction of sp³-hybridized carbons (Fsp3) is 0.438. The van der Waals surface area contributed by atoms with Crippen LogP contribution >= 0.6 is 23.2 Å². The summed E-state index contributed by atoms with van der Waals surface area (Å²) in [4.78, 5) is 6.86. The maximum absolute atomic E-state index is 8.88. The Morgan fingerprint density at radius 3 is 2.92 bits per heavy atom. The molecule has 2 heterocycles. The summed E-state index contributed by atoms with van der Waals surface area (Å²) in [5.74, 6) is 1.73. The lowest BCUT2D eigenvalue weighted by Gasteiger charge is -2.28. The molecule has 3 rings (SSSR count). The molecule has 24 heavy (non-hydrogen) atoms. The van der Waals surface area contributed by atoms with Crippen LogP contribution in [0.3, 0.4) is 0 Å². The van der Waals surface area contributed by atoms with Crippen LogP contribution in [0.1, 0.15) is 17.7 Å². The molecule has 3 N–H and O–H groups in total. The minimum atomic E-state index is 0.173. The third-order valence-electron chi connectivity index (χ3n) is 4.07. The van der Waals surface area contributed by atoms with E-state index in [2.05, 4.69) is 25.1 Å². The molecule has 0 unspecified atom stereocenters. The van der Waals surface area contributed by atoms with Crippen molar-refractivity contribution in [3.05, 3.63) is 39.5 Å². The number of aromatic nitrogens is 2. The normalized spacial score (nSPS) is 14.3. The van der Waals surface area contributed by atoms with Gasteiger partial charge in [0.05, 0.1) is 22.4 Å². The molecule has 0 spiro atoms. The largest absolute Gasteiger partial charge is 0.396 e. The van der Waals surface area contributed by atoms with Crippen LogP contribution in [0, 0.1) is 0 Å². The number of aliphatic hydroxyl groups is 1. The summed E-state index contributed by atoms with van der Waals surface area (Å²) in [6, 6.07) is 5.73. The molecule has 6 nitrogen and oxygen atoms in total. The predicted molar refractivity (Wildman–Crippen MR) is 97.6 cm³/mol. The van der Waals surface area contributed by atoms with E-state index in [1.54, 1.807) is 0 Å². The first-order chi connectivity index (χ1) is 11.6. The third kappa shape index (κ3) is 3.78. The number of rotatable bonds is 6. The molecule has 0 radical (unpaired) electrons. The van der Waals surface area contributed by atoms with Crippen molar-refractivity contribution < 1.29 is 5.11 Å².